The third-order valence-electron chi connectivity index (χ3n) is 7.71. The van der Waals surface area contributed by atoms with Crippen molar-refractivity contribution in [3.8, 4) is 0 Å². The Balaban J connectivity index is 1.51. The van der Waals surface area contributed by atoms with Crippen molar-refractivity contribution in [1.29, 1.82) is 0 Å². The van der Waals surface area contributed by atoms with E-state index < -0.39 is 11.5 Å². The molecule has 164 valence electrons. The van der Waals surface area contributed by atoms with E-state index in [1.54, 1.807) is 10.9 Å². The monoisotopic (exact) mass is 441 g/mol. The van der Waals surface area contributed by atoms with Crippen LogP contribution in [0.3, 0.4) is 0 Å². The predicted octanol–water partition coefficient (Wildman–Crippen LogP) is 4.97. The van der Waals surface area contributed by atoms with Crippen molar-refractivity contribution < 1.29 is 9.90 Å². The van der Waals surface area contributed by atoms with Crippen molar-refractivity contribution >= 4 is 28.9 Å². The van der Waals surface area contributed by atoms with Crippen molar-refractivity contribution in [2.75, 3.05) is 5.32 Å². The lowest BCUT2D eigenvalue weighted by Gasteiger charge is -2.61. The minimum atomic E-state index is -0.746. The number of nitrogens with zero attached hydrogens (tertiary/aromatic N) is 2. The van der Waals surface area contributed by atoms with Crippen molar-refractivity contribution in [3.63, 3.8) is 0 Å². The molecule has 2 aromatic rings. The number of aryl methyl sites for hydroxylation is 1. The van der Waals surface area contributed by atoms with Gasteiger partial charge in [0.15, 0.2) is 0 Å². The second-order valence-electron chi connectivity index (χ2n) is 9.98. The number of aromatic nitrogens is 2. The molecule has 2 N–H and O–H groups in total. The maximum atomic E-state index is 13.4. The zero-order valence-electron chi connectivity index (χ0n) is 17.7. The van der Waals surface area contributed by atoms with Crippen LogP contribution in [0.1, 0.15) is 57.4 Å². The van der Waals surface area contributed by atoms with E-state index >= 15 is 0 Å². The first kappa shape index (κ1) is 20.6. The third-order valence-corrected chi connectivity index (χ3v) is 8.08. The summed E-state index contributed by atoms with van der Waals surface area (Å²) in [5, 5.41) is 17.6. The number of para-hydroxylation sites is 1. The minimum Gasteiger partial charge on any atom is -0.481 e. The van der Waals surface area contributed by atoms with Crippen LogP contribution in [0.2, 0.25) is 5.02 Å². The molecule has 0 spiro atoms. The van der Waals surface area contributed by atoms with Gasteiger partial charge in [0, 0.05) is 5.69 Å². The molecule has 7 heteroatoms. The molecule has 0 saturated heterocycles. The maximum absolute atomic E-state index is 13.4. The number of rotatable bonds is 6. The van der Waals surface area contributed by atoms with Gasteiger partial charge < -0.3 is 10.4 Å². The summed E-state index contributed by atoms with van der Waals surface area (Å²) in [5.74, 6) is 0.175. The average Bonchev–Trinajstić information content (AvgIpc) is 2.69. The minimum absolute atomic E-state index is 0.143. The van der Waals surface area contributed by atoms with E-state index in [-0.39, 0.29) is 22.4 Å². The highest BCUT2D eigenvalue weighted by atomic mass is 35.5. The third kappa shape index (κ3) is 3.45. The molecule has 2 atom stereocenters. The molecule has 1 aromatic carbocycles. The summed E-state index contributed by atoms with van der Waals surface area (Å²) in [4.78, 5) is 25.0. The lowest BCUT2D eigenvalue weighted by Crippen LogP contribution is -2.59. The van der Waals surface area contributed by atoms with Gasteiger partial charge in [0.2, 0.25) is 0 Å². The molecule has 1 aromatic heterocycles. The number of carboxylic acid groups (broad SMARTS) is 1. The molecule has 1 heterocycles. The van der Waals surface area contributed by atoms with Gasteiger partial charge in [-0.25, -0.2) is 4.68 Å². The standard InChI is InChI=1S/C24H28ClN3O3/c1-2-17-5-3-4-6-18(17)27-19-13-26-28(22(31)21(19)25)24-10-15-7-16(11-24)9-23(8-15,14-24)12-20(29)30/h3-6,13,15-16,27H,2,7-12,14H2,1H3,(H,29,30). The highest BCUT2D eigenvalue weighted by Crippen LogP contribution is 2.65. The summed E-state index contributed by atoms with van der Waals surface area (Å²) in [6.45, 7) is 2.08. The van der Waals surface area contributed by atoms with E-state index in [9.17, 15) is 14.7 Å². The Morgan fingerprint density at radius 3 is 2.61 bits per heavy atom. The van der Waals surface area contributed by atoms with Crippen LogP contribution in [0.5, 0.6) is 0 Å². The molecule has 0 aliphatic heterocycles. The summed E-state index contributed by atoms with van der Waals surface area (Å²) in [6, 6.07) is 7.95. The predicted molar refractivity (Wildman–Crippen MR) is 120 cm³/mol. The second kappa shape index (κ2) is 7.37. The number of hydrogen-bond acceptors (Lipinski definition) is 4. The molecule has 4 aliphatic rings. The first-order chi connectivity index (χ1) is 14.8. The number of nitrogens with one attached hydrogen (secondary N) is 1. The van der Waals surface area contributed by atoms with Gasteiger partial charge >= 0.3 is 5.97 Å². The van der Waals surface area contributed by atoms with Crippen LogP contribution in [-0.4, -0.2) is 20.9 Å². The lowest BCUT2D eigenvalue weighted by molar-refractivity contribution is -0.151. The SMILES string of the molecule is CCc1ccccc1Nc1cnn(C23CC4CC(CC(CC(=O)O)(C4)C2)C3)c(=O)c1Cl. The smallest absolute Gasteiger partial charge is 0.303 e. The zero-order valence-corrected chi connectivity index (χ0v) is 18.5. The molecule has 4 saturated carbocycles. The molecular weight excluding hydrogens is 414 g/mol. The van der Waals surface area contributed by atoms with Crippen LogP contribution in [0.4, 0.5) is 11.4 Å². The molecule has 0 radical (unpaired) electrons. The Morgan fingerprint density at radius 1 is 1.23 bits per heavy atom. The lowest BCUT2D eigenvalue weighted by atomic mass is 9.46. The molecule has 0 amide bonds. The molecular formula is C24H28ClN3O3. The van der Waals surface area contributed by atoms with Gasteiger partial charge in [-0.1, -0.05) is 36.7 Å². The van der Waals surface area contributed by atoms with Crippen molar-refractivity contribution in [2.24, 2.45) is 17.3 Å². The fraction of sp³-hybridized carbons (Fsp3) is 0.542. The van der Waals surface area contributed by atoms with Gasteiger partial charge in [-0.15, -0.1) is 0 Å². The Morgan fingerprint density at radius 2 is 1.94 bits per heavy atom. The van der Waals surface area contributed by atoms with E-state index in [2.05, 4.69) is 17.3 Å². The maximum Gasteiger partial charge on any atom is 0.303 e. The number of hydrogen-bond donors (Lipinski definition) is 2. The van der Waals surface area contributed by atoms with Crippen LogP contribution in [-0.2, 0) is 16.8 Å². The Bertz CT molecular complexity index is 1080. The first-order valence-electron chi connectivity index (χ1n) is 11.2. The number of benzene rings is 1. The Labute approximate surface area is 186 Å². The van der Waals surface area contributed by atoms with Gasteiger partial charge in [0.1, 0.15) is 5.02 Å². The zero-order chi connectivity index (χ0) is 21.8. The van der Waals surface area contributed by atoms with Crippen LogP contribution in [0.15, 0.2) is 35.3 Å². The van der Waals surface area contributed by atoms with Crippen molar-refractivity contribution in [2.45, 2.75) is 63.8 Å². The van der Waals surface area contributed by atoms with Gasteiger partial charge in [-0.3, -0.25) is 9.59 Å². The number of halogens is 1. The van der Waals surface area contributed by atoms with Gasteiger partial charge in [0.25, 0.3) is 5.56 Å². The summed E-state index contributed by atoms with van der Waals surface area (Å²) in [6.07, 6.45) is 8.21. The van der Waals surface area contributed by atoms with E-state index in [1.165, 1.54) is 0 Å². The summed E-state index contributed by atoms with van der Waals surface area (Å²) >= 11 is 6.57. The van der Waals surface area contributed by atoms with E-state index in [1.807, 2.05) is 24.3 Å². The Hall–Kier alpha value is -2.34. The van der Waals surface area contributed by atoms with Gasteiger partial charge in [0.05, 0.1) is 23.8 Å². The number of carbonyl (C=O) groups is 1. The average molecular weight is 442 g/mol. The molecule has 4 fully saturated rings. The molecule has 6 nitrogen and oxygen atoms in total. The number of carboxylic acids is 1. The van der Waals surface area contributed by atoms with E-state index in [0.29, 0.717) is 23.9 Å². The highest BCUT2D eigenvalue weighted by Gasteiger charge is 2.59. The van der Waals surface area contributed by atoms with Gasteiger partial charge in [-0.05, 0) is 73.8 Å². The largest absolute Gasteiger partial charge is 0.481 e. The van der Waals surface area contributed by atoms with Crippen LogP contribution in [0.25, 0.3) is 0 Å². The molecule has 4 aliphatic carbocycles. The summed E-state index contributed by atoms with van der Waals surface area (Å²) < 4.78 is 1.60. The Kier molecular flexibility index (Phi) is 4.88. The quantitative estimate of drug-likeness (QED) is 0.660. The van der Waals surface area contributed by atoms with E-state index in [0.717, 1.165) is 49.8 Å². The molecule has 2 unspecified atom stereocenters. The molecule has 4 bridgehead atoms. The molecule has 6 rings (SSSR count). The highest BCUT2D eigenvalue weighted by molar-refractivity contribution is 6.33. The van der Waals surface area contributed by atoms with Crippen LogP contribution >= 0.6 is 11.6 Å². The van der Waals surface area contributed by atoms with Crippen LogP contribution in [0, 0.1) is 17.3 Å². The van der Waals surface area contributed by atoms with Crippen molar-refractivity contribution in [1.82, 2.24) is 9.78 Å². The fourth-order valence-electron chi connectivity index (χ4n) is 7.13. The molecule has 31 heavy (non-hydrogen) atoms. The first-order valence-corrected chi connectivity index (χ1v) is 11.6. The summed E-state index contributed by atoms with van der Waals surface area (Å²) in [7, 11) is 0. The van der Waals surface area contributed by atoms with Crippen molar-refractivity contribution in [3.05, 3.63) is 51.4 Å². The topological polar surface area (TPSA) is 84.2 Å². The second-order valence-corrected chi connectivity index (χ2v) is 10.4. The fourth-order valence-corrected chi connectivity index (χ4v) is 7.31. The number of aliphatic carboxylic acids is 1. The summed E-state index contributed by atoms with van der Waals surface area (Å²) in [5.41, 5.74) is 1.64. The number of anilines is 2. The van der Waals surface area contributed by atoms with Crippen LogP contribution < -0.4 is 10.9 Å². The van der Waals surface area contributed by atoms with E-state index in [4.69, 9.17) is 11.6 Å². The van der Waals surface area contributed by atoms with Gasteiger partial charge in [-0.2, -0.15) is 5.10 Å². The normalized spacial score (nSPS) is 31.0.